The van der Waals surface area contributed by atoms with Gasteiger partial charge in [-0.15, -0.1) is 0 Å². The summed E-state index contributed by atoms with van der Waals surface area (Å²) in [5.41, 5.74) is 2.47. The summed E-state index contributed by atoms with van der Waals surface area (Å²) in [6.07, 6.45) is 7.56. The van der Waals surface area contributed by atoms with Crippen molar-refractivity contribution in [2.45, 2.75) is 81.1 Å². The van der Waals surface area contributed by atoms with Crippen LogP contribution in [-0.2, 0) is 4.79 Å². The number of amides is 1. The van der Waals surface area contributed by atoms with Gasteiger partial charge in [-0.2, -0.15) is 4.98 Å². The van der Waals surface area contributed by atoms with E-state index in [1.807, 2.05) is 20.8 Å². The van der Waals surface area contributed by atoms with Crippen LogP contribution in [0.3, 0.4) is 0 Å². The summed E-state index contributed by atoms with van der Waals surface area (Å²) >= 11 is 0. The molecular formula is C34H48F2N4O2. The van der Waals surface area contributed by atoms with Crippen LogP contribution in [0.5, 0.6) is 0 Å². The average molecular weight is 583 g/mol. The minimum atomic E-state index is -0.726. The van der Waals surface area contributed by atoms with Gasteiger partial charge in [0.2, 0.25) is 12.4 Å². The molecule has 3 aromatic rings. The predicted molar refractivity (Wildman–Crippen MR) is 176 cm³/mol. The zero-order valence-corrected chi connectivity index (χ0v) is 26.4. The topological polar surface area (TPSA) is 87.1 Å². The maximum Gasteiger partial charge on any atom is 0.225 e. The number of hydrogen-bond acceptors (Lipinski definition) is 5. The molecule has 0 saturated carbocycles. The molecule has 0 spiro atoms. The van der Waals surface area contributed by atoms with E-state index >= 15 is 0 Å². The molecule has 3 rings (SSSR count). The van der Waals surface area contributed by atoms with Crippen molar-refractivity contribution in [3.05, 3.63) is 76.9 Å². The molecular weight excluding hydrogens is 534 g/mol. The normalized spacial score (nSPS) is 9.86. The van der Waals surface area contributed by atoms with Crippen molar-refractivity contribution in [3.63, 3.8) is 0 Å². The van der Waals surface area contributed by atoms with E-state index in [0.29, 0.717) is 35.3 Å². The number of anilines is 2. The van der Waals surface area contributed by atoms with Crippen molar-refractivity contribution < 1.29 is 18.7 Å². The molecule has 0 aliphatic rings. The molecule has 6 nitrogen and oxygen atoms in total. The molecule has 0 unspecified atom stereocenters. The third-order valence-electron chi connectivity index (χ3n) is 5.20. The Morgan fingerprint density at radius 1 is 0.952 bits per heavy atom. The first-order valence-corrected chi connectivity index (χ1v) is 14.7. The van der Waals surface area contributed by atoms with Gasteiger partial charge in [-0.25, -0.2) is 13.8 Å². The van der Waals surface area contributed by atoms with E-state index in [-0.39, 0.29) is 23.1 Å². The van der Waals surface area contributed by atoms with Gasteiger partial charge >= 0.3 is 0 Å². The number of aromatic nitrogens is 2. The minimum Gasteiger partial charge on any atom is -0.508 e. The molecule has 1 amide bonds. The van der Waals surface area contributed by atoms with E-state index in [9.17, 15) is 18.7 Å². The van der Waals surface area contributed by atoms with Gasteiger partial charge in [0.05, 0.1) is 5.69 Å². The maximum atomic E-state index is 14.2. The van der Waals surface area contributed by atoms with Gasteiger partial charge < -0.3 is 15.7 Å². The number of unbranched alkanes of at least 4 members (excludes halogenated alkanes) is 1. The largest absolute Gasteiger partial charge is 0.508 e. The van der Waals surface area contributed by atoms with Crippen LogP contribution in [0.4, 0.5) is 20.5 Å². The zero-order valence-electron chi connectivity index (χ0n) is 26.4. The Morgan fingerprint density at radius 3 is 2.05 bits per heavy atom. The lowest BCUT2D eigenvalue weighted by molar-refractivity contribution is -0.105. The molecule has 42 heavy (non-hydrogen) atoms. The van der Waals surface area contributed by atoms with E-state index < -0.39 is 11.6 Å². The molecule has 0 atom stereocenters. The quantitative estimate of drug-likeness (QED) is 0.126. The van der Waals surface area contributed by atoms with E-state index in [1.165, 1.54) is 31.1 Å². The second-order valence-electron chi connectivity index (χ2n) is 9.06. The summed E-state index contributed by atoms with van der Waals surface area (Å²) in [5.74, 6) is -1.12. The van der Waals surface area contributed by atoms with Crippen LogP contribution in [0.2, 0.25) is 0 Å². The standard InChI is InChI=1S/C26H26F2N4O2.2C3H8.C2H6/c1-4-5-13-29-26-31-24(21-14-18(17(3)34)10-9-16(21)2)20(25(32-26)30-15-33)12-11-19-22(27)7-6-8-23(19)28;2*1-3-2;1-2/h6-12,14-15,34H,3-5,13H2,1-2H3,(H2,29,30,31,32,33);2*3H2,1-2H3;1-2H3/b12-11-;;;. The number of rotatable bonds is 10. The van der Waals surface area contributed by atoms with Crippen molar-refractivity contribution in [3.8, 4) is 11.3 Å². The zero-order chi connectivity index (χ0) is 32.1. The Balaban J connectivity index is 0.00000190. The highest BCUT2D eigenvalue weighted by atomic mass is 19.1. The highest BCUT2D eigenvalue weighted by Gasteiger charge is 2.17. The van der Waals surface area contributed by atoms with Crippen molar-refractivity contribution in [1.29, 1.82) is 0 Å². The number of carbonyl (C=O) groups is 1. The lowest BCUT2D eigenvalue weighted by Gasteiger charge is -2.16. The highest BCUT2D eigenvalue weighted by Crippen LogP contribution is 2.33. The van der Waals surface area contributed by atoms with Gasteiger partial charge in [0.25, 0.3) is 0 Å². The number of nitrogens with zero attached hydrogens (tertiary/aromatic N) is 2. The Bertz CT molecular complexity index is 1250. The van der Waals surface area contributed by atoms with E-state index in [2.05, 4.69) is 61.8 Å². The fourth-order valence-corrected chi connectivity index (χ4v) is 3.35. The van der Waals surface area contributed by atoms with Crippen LogP contribution >= 0.6 is 0 Å². The SMILES string of the molecule is C=C(O)c1ccc(C)c(-c2nc(NCCCC)nc(NC=O)c2/C=C\c2c(F)cccc2F)c1.CC.CCC.CCC. The summed E-state index contributed by atoms with van der Waals surface area (Å²) in [6, 6.07) is 8.83. The van der Waals surface area contributed by atoms with E-state index in [0.717, 1.165) is 30.5 Å². The van der Waals surface area contributed by atoms with Crippen LogP contribution in [0.1, 0.15) is 96.4 Å². The van der Waals surface area contributed by atoms with Gasteiger partial charge in [-0.1, -0.05) is 92.5 Å². The minimum absolute atomic E-state index is 0.117. The summed E-state index contributed by atoms with van der Waals surface area (Å²) in [7, 11) is 0. The molecule has 230 valence electrons. The van der Waals surface area contributed by atoms with Crippen LogP contribution in [0.15, 0.2) is 43.0 Å². The predicted octanol–water partition coefficient (Wildman–Crippen LogP) is 10.1. The lowest BCUT2D eigenvalue weighted by atomic mass is 9.97. The number of aryl methyl sites for hydroxylation is 1. The number of halogens is 2. The number of carbonyl (C=O) groups excluding carboxylic acids is 1. The fourth-order valence-electron chi connectivity index (χ4n) is 3.35. The Morgan fingerprint density at radius 2 is 1.52 bits per heavy atom. The molecule has 8 heteroatoms. The molecule has 1 heterocycles. The number of nitrogens with one attached hydrogen (secondary N) is 2. The van der Waals surface area contributed by atoms with Gasteiger partial charge in [-0.3, -0.25) is 4.79 Å². The molecule has 2 aromatic carbocycles. The summed E-state index contributed by atoms with van der Waals surface area (Å²) < 4.78 is 28.5. The molecule has 1 aromatic heterocycles. The molecule has 3 N–H and O–H groups in total. The van der Waals surface area contributed by atoms with Crippen molar-refractivity contribution in [1.82, 2.24) is 9.97 Å². The molecule has 0 saturated heterocycles. The third-order valence-corrected chi connectivity index (χ3v) is 5.20. The second kappa shape index (κ2) is 21.6. The first-order chi connectivity index (χ1) is 20.2. The molecule has 0 bridgehead atoms. The molecule has 0 aliphatic heterocycles. The summed E-state index contributed by atoms with van der Waals surface area (Å²) in [5, 5.41) is 15.6. The first kappa shape index (κ1) is 37.9. The summed E-state index contributed by atoms with van der Waals surface area (Å²) in [4.78, 5) is 20.4. The van der Waals surface area contributed by atoms with Crippen LogP contribution in [0, 0.1) is 18.6 Å². The molecule has 0 radical (unpaired) electrons. The highest BCUT2D eigenvalue weighted by molar-refractivity contribution is 5.89. The molecule has 0 fully saturated rings. The van der Waals surface area contributed by atoms with Gasteiger partial charge in [0.1, 0.15) is 23.2 Å². The fraction of sp³-hybridized carbons (Fsp3) is 0.382. The number of aliphatic hydroxyl groups excluding tert-OH is 1. The monoisotopic (exact) mass is 582 g/mol. The van der Waals surface area contributed by atoms with Gasteiger partial charge in [-0.05, 0) is 49.3 Å². The van der Waals surface area contributed by atoms with Gasteiger partial charge in [0.15, 0.2) is 0 Å². The first-order valence-electron chi connectivity index (χ1n) is 14.7. The Kier molecular flexibility index (Phi) is 19.5. The van der Waals surface area contributed by atoms with Crippen LogP contribution in [-0.4, -0.2) is 28.0 Å². The number of benzene rings is 2. The van der Waals surface area contributed by atoms with Crippen molar-refractivity contribution in [2.24, 2.45) is 0 Å². The molecule has 0 aliphatic carbocycles. The maximum absolute atomic E-state index is 14.2. The van der Waals surface area contributed by atoms with Gasteiger partial charge in [0, 0.05) is 28.8 Å². The van der Waals surface area contributed by atoms with Crippen LogP contribution < -0.4 is 10.6 Å². The van der Waals surface area contributed by atoms with Crippen molar-refractivity contribution >= 4 is 36.1 Å². The summed E-state index contributed by atoms with van der Waals surface area (Å²) in [6.45, 7) is 20.6. The third kappa shape index (κ3) is 12.2. The van der Waals surface area contributed by atoms with E-state index in [4.69, 9.17) is 0 Å². The van der Waals surface area contributed by atoms with Crippen LogP contribution in [0.25, 0.3) is 29.2 Å². The average Bonchev–Trinajstić information content (AvgIpc) is 2.96. The number of hydrogen-bond donors (Lipinski definition) is 3. The smallest absolute Gasteiger partial charge is 0.225 e. The lowest BCUT2D eigenvalue weighted by Crippen LogP contribution is -2.10. The van der Waals surface area contributed by atoms with E-state index in [1.54, 1.807) is 18.2 Å². The second-order valence-corrected chi connectivity index (χ2v) is 9.06. The Hall–Kier alpha value is -4.07. The number of aliphatic hydroxyl groups is 1. The Labute approximate surface area is 251 Å². The van der Waals surface area contributed by atoms with Crippen molar-refractivity contribution in [2.75, 3.05) is 17.2 Å².